The van der Waals surface area contributed by atoms with E-state index in [1.165, 1.54) is 0 Å². The summed E-state index contributed by atoms with van der Waals surface area (Å²) in [5.74, 6) is -0.148. The summed E-state index contributed by atoms with van der Waals surface area (Å²) in [6.07, 6.45) is 8.30. The van der Waals surface area contributed by atoms with E-state index in [0.29, 0.717) is 24.4 Å². The zero-order valence-corrected chi connectivity index (χ0v) is 17.8. The van der Waals surface area contributed by atoms with Crippen LogP contribution in [-0.4, -0.2) is 61.2 Å². The van der Waals surface area contributed by atoms with Gasteiger partial charge in [0.2, 0.25) is 11.9 Å². The van der Waals surface area contributed by atoms with Crippen LogP contribution >= 0.6 is 0 Å². The molecule has 2 aliphatic heterocycles. The standard InChI is InChI=1S/C22H23FN8O2/c23-16-8-25-22(26-13-5-6-29-11-17(19(24)32)27-18(29)7-13)28-20(16)30-9-14-3-4-15(10-30)31(14)21(33)12-1-2-12/h5-8,11-12,14-15H,1-4,9-10H2,(H2,24,32)(H,25,26,28)/t14-,15?/m0/s1. The van der Waals surface area contributed by atoms with E-state index in [2.05, 4.69) is 20.3 Å². The predicted octanol–water partition coefficient (Wildman–Crippen LogP) is 1.70. The molecule has 1 unspecified atom stereocenters. The van der Waals surface area contributed by atoms with E-state index in [4.69, 9.17) is 5.73 Å². The highest BCUT2D eigenvalue weighted by atomic mass is 19.1. The number of imidazole rings is 1. The molecule has 1 aliphatic carbocycles. The largest absolute Gasteiger partial charge is 0.364 e. The molecule has 11 heteroatoms. The topological polar surface area (TPSA) is 122 Å². The normalized spacial score (nSPS) is 22.1. The first kappa shape index (κ1) is 19.9. The highest BCUT2D eigenvalue weighted by Gasteiger charge is 2.47. The van der Waals surface area contributed by atoms with E-state index in [1.807, 2.05) is 9.80 Å². The molecule has 0 radical (unpaired) electrons. The molecule has 10 nitrogen and oxygen atoms in total. The second kappa shape index (κ2) is 7.39. The van der Waals surface area contributed by atoms with E-state index in [-0.39, 0.29) is 41.4 Å². The monoisotopic (exact) mass is 450 g/mol. The maximum Gasteiger partial charge on any atom is 0.268 e. The lowest BCUT2D eigenvalue weighted by atomic mass is 10.1. The van der Waals surface area contributed by atoms with Crippen molar-refractivity contribution in [3.63, 3.8) is 0 Å². The Morgan fingerprint density at radius 1 is 1.12 bits per heavy atom. The number of piperazine rings is 1. The minimum Gasteiger partial charge on any atom is -0.364 e. The van der Waals surface area contributed by atoms with E-state index >= 15 is 0 Å². The van der Waals surface area contributed by atoms with Gasteiger partial charge in [-0.3, -0.25) is 9.59 Å². The van der Waals surface area contributed by atoms with Crippen molar-refractivity contribution in [2.45, 2.75) is 37.8 Å². The maximum absolute atomic E-state index is 14.7. The number of hydrogen-bond donors (Lipinski definition) is 2. The summed E-state index contributed by atoms with van der Waals surface area (Å²) in [6, 6.07) is 3.70. The van der Waals surface area contributed by atoms with Gasteiger partial charge in [-0.15, -0.1) is 0 Å². The Morgan fingerprint density at radius 2 is 1.88 bits per heavy atom. The molecule has 3 N–H and O–H groups in total. The minimum atomic E-state index is -0.604. The van der Waals surface area contributed by atoms with E-state index < -0.39 is 11.7 Å². The Hall–Kier alpha value is -3.76. The van der Waals surface area contributed by atoms with Gasteiger partial charge < -0.3 is 25.3 Å². The highest BCUT2D eigenvalue weighted by Crippen LogP contribution is 2.39. The molecule has 2 atom stereocenters. The second-order valence-electron chi connectivity index (χ2n) is 8.97. The summed E-state index contributed by atoms with van der Waals surface area (Å²) in [7, 11) is 0. The molecular formula is C22H23FN8O2. The lowest BCUT2D eigenvalue weighted by Gasteiger charge is -2.41. The van der Waals surface area contributed by atoms with Crippen LogP contribution < -0.4 is 16.0 Å². The van der Waals surface area contributed by atoms with Crippen molar-refractivity contribution >= 4 is 34.9 Å². The molecule has 0 spiro atoms. The number of primary amides is 1. The SMILES string of the molecule is NC(=O)c1cn2ccc(Nc3ncc(F)c(N4CC5CC[C@@H](C4)N5C(=O)C4CC4)n3)cc2n1. The number of halogens is 1. The smallest absolute Gasteiger partial charge is 0.268 e. The number of anilines is 3. The van der Waals surface area contributed by atoms with Gasteiger partial charge in [0.25, 0.3) is 5.91 Å². The Balaban J connectivity index is 1.22. The first-order valence-electron chi connectivity index (χ1n) is 11.1. The summed E-state index contributed by atoms with van der Waals surface area (Å²) in [5.41, 5.74) is 6.64. The highest BCUT2D eigenvalue weighted by molar-refractivity contribution is 5.91. The number of carbonyl (C=O) groups excluding carboxylic acids is 2. The van der Waals surface area contributed by atoms with Crippen molar-refractivity contribution in [3.05, 3.63) is 42.2 Å². The Labute approximate surface area is 188 Å². The molecule has 5 heterocycles. The number of aromatic nitrogens is 4. The summed E-state index contributed by atoms with van der Waals surface area (Å²) in [6.45, 7) is 1.14. The maximum atomic E-state index is 14.7. The number of nitrogens with one attached hydrogen (secondary N) is 1. The number of amides is 2. The van der Waals surface area contributed by atoms with Crippen LogP contribution in [0.25, 0.3) is 5.65 Å². The molecule has 3 aliphatic rings. The average Bonchev–Trinajstić information content (AvgIpc) is 3.50. The molecule has 2 saturated heterocycles. The van der Waals surface area contributed by atoms with Crippen molar-refractivity contribution < 1.29 is 14.0 Å². The molecule has 2 amide bonds. The number of carbonyl (C=O) groups is 2. The Bertz CT molecular complexity index is 1260. The zero-order chi connectivity index (χ0) is 22.7. The lowest BCUT2D eigenvalue weighted by molar-refractivity contribution is -0.135. The third kappa shape index (κ3) is 3.53. The van der Waals surface area contributed by atoms with Crippen LogP contribution in [-0.2, 0) is 4.79 Å². The van der Waals surface area contributed by atoms with Crippen LogP contribution in [0.5, 0.6) is 0 Å². The van der Waals surface area contributed by atoms with Crippen molar-refractivity contribution in [3.8, 4) is 0 Å². The molecule has 6 rings (SSSR count). The fourth-order valence-electron chi connectivity index (χ4n) is 4.92. The lowest BCUT2D eigenvalue weighted by Crippen LogP contribution is -2.56. The van der Waals surface area contributed by atoms with Gasteiger partial charge in [-0.1, -0.05) is 0 Å². The van der Waals surface area contributed by atoms with Crippen LogP contribution in [0.1, 0.15) is 36.2 Å². The number of pyridine rings is 1. The van der Waals surface area contributed by atoms with E-state index in [9.17, 15) is 14.0 Å². The number of hydrogen-bond acceptors (Lipinski definition) is 7. The molecule has 2 bridgehead atoms. The second-order valence-corrected chi connectivity index (χ2v) is 8.97. The van der Waals surface area contributed by atoms with Crippen LogP contribution in [0.2, 0.25) is 0 Å². The number of nitrogens with two attached hydrogens (primary N) is 1. The third-order valence-corrected chi connectivity index (χ3v) is 6.66. The van der Waals surface area contributed by atoms with Gasteiger partial charge in [0.1, 0.15) is 11.3 Å². The predicted molar refractivity (Wildman–Crippen MR) is 118 cm³/mol. The molecular weight excluding hydrogens is 427 g/mol. The molecule has 170 valence electrons. The van der Waals surface area contributed by atoms with Crippen LogP contribution in [0.4, 0.5) is 21.8 Å². The van der Waals surface area contributed by atoms with Gasteiger partial charge in [0, 0.05) is 55.2 Å². The van der Waals surface area contributed by atoms with Gasteiger partial charge in [-0.05, 0) is 31.7 Å². The van der Waals surface area contributed by atoms with Crippen LogP contribution in [0.3, 0.4) is 0 Å². The minimum absolute atomic E-state index is 0.102. The molecule has 0 aromatic carbocycles. The quantitative estimate of drug-likeness (QED) is 0.607. The Kier molecular flexibility index (Phi) is 4.46. The molecule has 33 heavy (non-hydrogen) atoms. The van der Waals surface area contributed by atoms with Crippen molar-refractivity contribution in [2.24, 2.45) is 11.7 Å². The Morgan fingerprint density at radius 3 is 2.58 bits per heavy atom. The van der Waals surface area contributed by atoms with Gasteiger partial charge in [-0.25, -0.2) is 14.4 Å². The molecule has 3 aromatic heterocycles. The first-order chi connectivity index (χ1) is 16.0. The third-order valence-electron chi connectivity index (χ3n) is 6.66. The van der Waals surface area contributed by atoms with Gasteiger partial charge >= 0.3 is 0 Å². The van der Waals surface area contributed by atoms with E-state index in [0.717, 1.165) is 31.9 Å². The summed E-state index contributed by atoms with van der Waals surface area (Å²) < 4.78 is 16.4. The van der Waals surface area contributed by atoms with Gasteiger partial charge in [-0.2, -0.15) is 4.98 Å². The number of nitrogens with zero attached hydrogens (tertiary/aromatic N) is 6. The van der Waals surface area contributed by atoms with Crippen LogP contribution in [0, 0.1) is 11.7 Å². The number of rotatable bonds is 5. The molecule has 3 fully saturated rings. The average molecular weight is 450 g/mol. The van der Waals surface area contributed by atoms with Gasteiger partial charge in [0.15, 0.2) is 11.6 Å². The van der Waals surface area contributed by atoms with Crippen molar-refractivity contribution in [1.29, 1.82) is 0 Å². The number of fused-ring (bicyclic) bond motifs is 3. The van der Waals surface area contributed by atoms with Gasteiger partial charge in [0.05, 0.1) is 6.20 Å². The molecule has 3 aromatic rings. The summed E-state index contributed by atoms with van der Waals surface area (Å²) >= 11 is 0. The summed E-state index contributed by atoms with van der Waals surface area (Å²) in [4.78, 5) is 40.7. The molecule has 1 saturated carbocycles. The first-order valence-corrected chi connectivity index (χ1v) is 11.1. The zero-order valence-electron chi connectivity index (χ0n) is 17.8. The van der Waals surface area contributed by atoms with Crippen molar-refractivity contribution in [1.82, 2.24) is 24.3 Å². The fourth-order valence-corrected chi connectivity index (χ4v) is 4.92. The van der Waals surface area contributed by atoms with Crippen LogP contribution in [0.15, 0.2) is 30.7 Å². The summed E-state index contributed by atoms with van der Waals surface area (Å²) in [5, 5.41) is 3.08. The van der Waals surface area contributed by atoms with Crippen molar-refractivity contribution in [2.75, 3.05) is 23.3 Å². The van der Waals surface area contributed by atoms with E-state index in [1.54, 1.807) is 28.9 Å². The fraction of sp³-hybridized carbons (Fsp3) is 0.409.